The topological polar surface area (TPSA) is 104 Å². The summed E-state index contributed by atoms with van der Waals surface area (Å²) in [6, 6.07) is 10.3. The Morgan fingerprint density at radius 3 is 2.56 bits per heavy atom. The molecular weight excluding hydrogens is 516 g/mol. The standard InChI is InChI=1S/C32H40N6O3/c1-20-14-22(3)36-32(40)26(20)8-9-34-31(39)27-15-25(16-28-30(27)21(2)18-38(28)23(4)19-41-5)24-6-7-29(35-17-24)37-12-10-33-11-13-37/h6-7,14-18,23,33H,8-13,19H2,1-5H3,(H,34,39)(H,36,40)/t23-/m0/s1. The van der Waals surface area contributed by atoms with E-state index in [1.165, 1.54) is 0 Å². The molecule has 0 spiro atoms. The smallest absolute Gasteiger partial charge is 0.252 e. The first-order valence-electron chi connectivity index (χ1n) is 14.3. The van der Waals surface area contributed by atoms with E-state index >= 15 is 0 Å². The number of anilines is 1. The molecule has 3 N–H and O–H groups in total. The number of piperazine rings is 1. The van der Waals surface area contributed by atoms with Crippen LogP contribution >= 0.6 is 0 Å². The Hall–Kier alpha value is -3.95. The van der Waals surface area contributed by atoms with E-state index in [1.807, 2.05) is 39.1 Å². The lowest BCUT2D eigenvalue weighted by Crippen LogP contribution is -2.43. The number of ether oxygens (including phenoxy) is 1. The highest BCUT2D eigenvalue weighted by molar-refractivity contribution is 6.09. The average Bonchev–Trinajstić information content (AvgIpc) is 3.31. The summed E-state index contributed by atoms with van der Waals surface area (Å²) in [5, 5.41) is 7.37. The molecule has 0 aliphatic carbocycles. The largest absolute Gasteiger partial charge is 0.383 e. The van der Waals surface area contributed by atoms with E-state index in [-0.39, 0.29) is 17.5 Å². The number of aryl methyl sites for hydroxylation is 3. The van der Waals surface area contributed by atoms with Gasteiger partial charge in [0.1, 0.15) is 5.82 Å². The number of H-pyrrole nitrogens is 1. The van der Waals surface area contributed by atoms with Gasteiger partial charge in [-0.05, 0) is 81.1 Å². The van der Waals surface area contributed by atoms with Crippen LogP contribution in [0.3, 0.4) is 0 Å². The minimum Gasteiger partial charge on any atom is -0.383 e. The Labute approximate surface area is 240 Å². The molecule has 0 radical (unpaired) electrons. The summed E-state index contributed by atoms with van der Waals surface area (Å²) < 4.78 is 7.64. The minimum absolute atomic E-state index is 0.0896. The molecule has 1 saturated heterocycles. The molecule has 1 fully saturated rings. The van der Waals surface area contributed by atoms with Crippen LogP contribution in [0.4, 0.5) is 5.82 Å². The third-order valence-corrected chi connectivity index (χ3v) is 7.93. The number of pyridine rings is 2. The Balaban J connectivity index is 1.49. The van der Waals surface area contributed by atoms with Gasteiger partial charge in [-0.3, -0.25) is 9.59 Å². The lowest BCUT2D eigenvalue weighted by Gasteiger charge is -2.28. The number of methoxy groups -OCH3 is 1. The number of aromatic amines is 1. The first-order chi connectivity index (χ1) is 19.8. The molecule has 1 aromatic carbocycles. The van der Waals surface area contributed by atoms with E-state index < -0.39 is 0 Å². The van der Waals surface area contributed by atoms with Gasteiger partial charge >= 0.3 is 0 Å². The maximum atomic E-state index is 13.7. The molecule has 3 aromatic heterocycles. The molecular formula is C32H40N6O3. The SMILES string of the molecule is COC[C@H](C)n1cc(C)c2c(C(=O)NCCc3c(C)cc(C)[nH]c3=O)cc(-c3ccc(N4CCNCC4)nc3)cc21. The number of aromatic nitrogens is 3. The molecule has 1 aliphatic heterocycles. The molecule has 0 unspecified atom stereocenters. The zero-order chi connectivity index (χ0) is 29.1. The van der Waals surface area contributed by atoms with E-state index in [0.717, 1.165) is 70.8 Å². The van der Waals surface area contributed by atoms with Gasteiger partial charge < -0.3 is 29.8 Å². The number of benzene rings is 1. The fourth-order valence-corrected chi connectivity index (χ4v) is 5.85. The molecule has 9 heteroatoms. The van der Waals surface area contributed by atoms with Crippen molar-refractivity contribution in [1.29, 1.82) is 0 Å². The molecule has 1 aliphatic rings. The van der Waals surface area contributed by atoms with Gasteiger partial charge in [-0.2, -0.15) is 0 Å². The summed E-state index contributed by atoms with van der Waals surface area (Å²) in [5.41, 5.74) is 6.85. The Morgan fingerprint density at radius 2 is 1.88 bits per heavy atom. The first kappa shape index (κ1) is 28.6. The van der Waals surface area contributed by atoms with Crippen molar-refractivity contribution >= 4 is 22.6 Å². The predicted molar refractivity (Wildman–Crippen MR) is 164 cm³/mol. The van der Waals surface area contributed by atoms with E-state index in [0.29, 0.717) is 30.7 Å². The predicted octanol–water partition coefficient (Wildman–Crippen LogP) is 3.91. The quantitative estimate of drug-likeness (QED) is 0.289. The average molecular weight is 557 g/mol. The highest BCUT2D eigenvalue weighted by Gasteiger charge is 2.20. The van der Waals surface area contributed by atoms with Crippen LogP contribution < -0.4 is 21.1 Å². The summed E-state index contributed by atoms with van der Waals surface area (Å²) in [6.07, 6.45) is 4.44. The second-order valence-corrected chi connectivity index (χ2v) is 11.0. The highest BCUT2D eigenvalue weighted by Crippen LogP contribution is 2.33. The lowest BCUT2D eigenvalue weighted by atomic mass is 9.98. The van der Waals surface area contributed by atoms with Crippen LogP contribution in [0.25, 0.3) is 22.0 Å². The monoisotopic (exact) mass is 556 g/mol. The third-order valence-electron chi connectivity index (χ3n) is 7.93. The molecule has 5 rings (SSSR count). The molecule has 4 aromatic rings. The number of carbonyl (C=O) groups is 1. The van der Waals surface area contributed by atoms with Crippen LogP contribution in [0.2, 0.25) is 0 Å². The zero-order valence-corrected chi connectivity index (χ0v) is 24.6. The second-order valence-electron chi connectivity index (χ2n) is 11.0. The number of hydrogen-bond donors (Lipinski definition) is 3. The van der Waals surface area contributed by atoms with Gasteiger partial charge in [-0.15, -0.1) is 0 Å². The van der Waals surface area contributed by atoms with Gasteiger partial charge in [0.05, 0.1) is 18.2 Å². The molecule has 0 saturated carbocycles. The van der Waals surface area contributed by atoms with Gasteiger partial charge in [-0.25, -0.2) is 4.98 Å². The van der Waals surface area contributed by atoms with Crippen molar-refractivity contribution in [2.45, 2.75) is 40.2 Å². The Kier molecular flexibility index (Phi) is 8.56. The van der Waals surface area contributed by atoms with Crippen LogP contribution in [0.5, 0.6) is 0 Å². The van der Waals surface area contributed by atoms with Crippen molar-refractivity contribution in [3.63, 3.8) is 0 Å². The number of nitrogens with one attached hydrogen (secondary N) is 3. The van der Waals surface area contributed by atoms with E-state index in [4.69, 9.17) is 9.72 Å². The van der Waals surface area contributed by atoms with Crippen LogP contribution in [0.1, 0.15) is 45.7 Å². The summed E-state index contributed by atoms with van der Waals surface area (Å²) in [4.78, 5) is 36.1. The number of rotatable bonds is 9. The van der Waals surface area contributed by atoms with Crippen LogP contribution in [0.15, 0.2) is 47.5 Å². The number of fused-ring (bicyclic) bond motifs is 1. The number of amides is 1. The fraction of sp³-hybridized carbons (Fsp3) is 0.406. The van der Waals surface area contributed by atoms with Crippen LogP contribution in [0, 0.1) is 20.8 Å². The van der Waals surface area contributed by atoms with Gasteiger partial charge in [0, 0.05) is 80.0 Å². The van der Waals surface area contributed by atoms with E-state index in [1.54, 1.807) is 7.11 Å². The number of nitrogens with zero attached hydrogens (tertiary/aromatic N) is 3. The first-order valence-corrected chi connectivity index (χ1v) is 14.3. The fourth-order valence-electron chi connectivity index (χ4n) is 5.85. The third kappa shape index (κ3) is 6.06. The number of hydrogen-bond acceptors (Lipinski definition) is 6. The maximum Gasteiger partial charge on any atom is 0.252 e. The molecule has 4 heterocycles. The summed E-state index contributed by atoms with van der Waals surface area (Å²) in [6.45, 7) is 12.6. The Morgan fingerprint density at radius 1 is 1.10 bits per heavy atom. The molecule has 1 atom stereocenters. The van der Waals surface area contributed by atoms with E-state index in [2.05, 4.69) is 56.4 Å². The van der Waals surface area contributed by atoms with Crippen LogP contribution in [-0.4, -0.2) is 66.9 Å². The number of carbonyl (C=O) groups excluding carboxylic acids is 1. The van der Waals surface area contributed by atoms with Crippen molar-refractivity contribution in [3.8, 4) is 11.1 Å². The van der Waals surface area contributed by atoms with Crippen LogP contribution in [-0.2, 0) is 11.2 Å². The van der Waals surface area contributed by atoms with Crippen molar-refractivity contribution < 1.29 is 9.53 Å². The summed E-state index contributed by atoms with van der Waals surface area (Å²) >= 11 is 0. The van der Waals surface area contributed by atoms with Gasteiger partial charge in [0.25, 0.3) is 11.5 Å². The lowest BCUT2D eigenvalue weighted by molar-refractivity contribution is 0.0955. The molecule has 1 amide bonds. The van der Waals surface area contributed by atoms with Gasteiger partial charge in [-0.1, -0.05) is 0 Å². The van der Waals surface area contributed by atoms with Crippen molar-refractivity contribution in [2.75, 3.05) is 51.3 Å². The van der Waals surface area contributed by atoms with Crippen molar-refractivity contribution in [2.24, 2.45) is 0 Å². The van der Waals surface area contributed by atoms with E-state index in [9.17, 15) is 9.59 Å². The van der Waals surface area contributed by atoms with Crippen molar-refractivity contribution in [1.82, 2.24) is 25.2 Å². The highest BCUT2D eigenvalue weighted by atomic mass is 16.5. The normalized spacial score (nSPS) is 14.4. The summed E-state index contributed by atoms with van der Waals surface area (Å²) in [5.74, 6) is 0.798. The zero-order valence-electron chi connectivity index (χ0n) is 24.6. The molecule has 9 nitrogen and oxygen atoms in total. The minimum atomic E-state index is -0.163. The molecule has 216 valence electrons. The maximum absolute atomic E-state index is 13.7. The summed E-state index contributed by atoms with van der Waals surface area (Å²) in [7, 11) is 1.70. The second kappa shape index (κ2) is 12.3. The molecule has 0 bridgehead atoms. The van der Waals surface area contributed by atoms with Gasteiger partial charge in [0.2, 0.25) is 0 Å². The van der Waals surface area contributed by atoms with Crippen molar-refractivity contribution in [3.05, 3.63) is 81.0 Å². The Bertz CT molecular complexity index is 1600. The molecule has 41 heavy (non-hydrogen) atoms. The van der Waals surface area contributed by atoms with Gasteiger partial charge in [0.15, 0.2) is 0 Å².